The highest BCUT2D eigenvalue weighted by Gasteiger charge is 2.33. The highest BCUT2D eigenvalue weighted by Crippen LogP contribution is 2.34. The fraction of sp³-hybridized carbons (Fsp3) is 0.500. The highest BCUT2D eigenvalue weighted by atomic mass is 79.9. The minimum Gasteiger partial charge on any atom is -0.481 e. The molecule has 2 atom stereocenters. The number of carbonyl (C=O) groups is 2. The number of nitrogens with zero attached hydrogens (tertiary/aromatic N) is 1. The van der Waals surface area contributed by atoms with Crippen molar-refractivity contribution in [1.82, 2.24) is 4.90 Å². The second kappa shape index (κ2) is 5.93. The van der Waals surface area contributed by atoms with Crippen LogP contribution in [0.1, 0.15) is 29.4 Å². The number of thiophene rings is 1. The van der Waals surface area contributed by atoms with Crippen LogP contribution in [0.3, 0.4) is 0 Å². The van der Waals surface area contributed by atoms with Crippen molar-refractivity contribution in [2.75, 3.05) is 6.54 Å². The lowest BCUT2D eigenvalue weighted by Gasteiger charge is -2.36. The van der Waals surface area contributed by atoms with Crippen molar-refractivity contribution in [2.24, 2.45) is 5.92 Å². The average Bonchev–Trinajstić information content (AvgIpc) is 2.68. The van der Waals surface area contributed by atoms with Crippen molar-refractivity contribution in [3.8, 4) is 0 Å². The molecule has 4 nitrogen and oxygen atoms in total. The molecule has 19 heavy (non-hydrogen) atoms. The first-order valence-corrected chi connectivity index (χ1v) is 8.29. The molecular formula is C12H13Br2NO3S. The molecule has 104 valence electrons. The highest BCUT2D eigenvalue weighted by molar-refractivity contribution is 9.13. The van der Waals surface area contributed by atoms with E-state index in [1.54, 1.807) is 11.0 Å². The lowest BCUT2D eigenvalue weighted by atomic mass is 9.91. The van der Waals surface area contributed by atoms with Crippen LogP contribution in [0.25, 0.3) is 0 Å². The van der Waals surface area contributed by atoms with Gasteiger partial charge >= 0.3 is 5.97 Å². The quantitative estimate of drug-likeness (QED) is 0.810. The van der Waals surface area contributed by atoms with E-state index in [1.165, 1.54) is 11.3 Å². The summed E-state index contributed by atoms with van der Waals surface area (Å²) in [6.45, 7) is 2.41. The van der Waals surface area contributed by atoms with Crippen molar-refractivity contribution in [3.05, 3.63) is 19.2 Å². The second-order valence-electron chi connectivity index (χ2n) is 4.64. The standard InChI is InChI=1S/C12H13Br2NO3S/c1-6-4-7(12(17)18)2-3-15(6)11(16)9-5-8(13)10(14)19-9/h5-7H,2-4H2,1H3,(H,17,18). The molecule has 1 N–H and O–H groups in total. The van der Waals surface area contributed by atoms with Crippen molar-refractivity contribution in [2.45, 2.75) is 25.8 Å². The minimum absolute atomic E-state index is 0.0206. The number of piperidine rings is 1. The summed E-state index contributed by atoms with van der Waals surface area (Å²) >= 11 is 8.13. The zero-order chi connectivity index (χ0) is 14.2. The molecule has 7 heteroatoms. The third kappa shape index (κ3) is 3.20. The third-order valence-corrected chi connectivity index (χ3v) is 6.59. The molecular weight excluding hydrogens is 398 g/mol. The maximum absolute atomic E-state index is 12.4. The van der Waals surface area contributed by atoms with E-state index < -0.39 is 5.97 Å². The first kappa shape index (κ1) is 15.0. The van der Waals surface area contributed by atoms with Crippen LogP contribution < -0.4 is 0 Å². The SMILES string of the molecule is CC1CC(C(=O)O)CCN1C(=O)c1cc(Br)c(Br)s1. The number of hydrogen-bond donors (Lipinski definition) is 1. The molecule has 1 fully saturated rings. The lowest BCUT2D eigenvalue weighted by Crippen LogP contribution is -2.45. The van der Waals surface area contributed by atoms with E-state index in [-0.39, 0.29) is 17.9 Å². The van der Waals surface area contributed by atoms with Gasteiger partial charge in [-0.2, -0.15) is 0 Å². The number of halogens is 2. The zero-order valence-corrected chi connectivity index (χ0v) is 14.2. The Labute approximate surface area is 132 Å². The monoisotopic (exact) mass is 409 g/mol. The van der Waals surface area contributed by atoms with Gasteiger partial charge < -0.3 is 10.0 Å². The summed E-state index contributed by atoms with van der Waals surface area (Å²) in [6, 6.07) is 1.76. The van der Waals surface area contributed by atoms with Crippen LogP contribution in [0.4, 0.5) is 0 Å². The van der Waals surface area contributed by atoms with Crippen LogP contribution >= 0.6 is 43.2 Å². The number of carbonyl (C=O) groups excluding carboxylic acids is 1. The van der Waals surface area contributed by atoms with Gasteiger partial charge in [0.05, 0.1) is 14.6 Å². The second-order valence-corrected chi connectivity index (χ2v) is 7.86. The van der Waals surface area contributed by atoms with E-state index in [9.17, 15) is 9.59 Å². The first-order valence-electron chi connectivity index (χ1n) is 5.88. The topological polar surface area (TPSA) is 57.6 Å². The van der Waals surface area contributed by atoms with Gasteiger partial charge in [-0.15, -0.1) is 11.3 Å². The normalized spacial score (nSPS) is 23.4. The molecule has 0 radical (unpaired) electrons. The van der Waals surface area contributed by atoms with Gasteiger partial charge in [-0.05, 0) is 57.7 Å². The van der Waals surface area contributed by atoms with Crippen LogP contribution in [0.2, 0.25) is 0 Å². The lowest BCUT2D eigenvalue weighted by molar-refractivity contribution is -0.143. The Hall–Kier alpha value is -0.400. The maximum Gasteiger partial charge on any atom is 0.306 e. The number of amides is 1. The molecule has 1 saturated heterocycles. The summed E-state index contributed by atoms with van der Waals surface area (Å²) in [5.74, 6) is -1.12. The van der Waals surface area contributed by atoms with Gasteiger partial charge in [-0.25, -0.2) is 0 Å². The van der Waals surface area contributed by atoms with E-state index in [4.69, 9.17) is 5.11 Å². The number of likely N-dealkylation sites (tertiary alicyclic amines) is 1. The van der Waals surface area contributed by atoms with Gasteiger partial charge in [0, 0.05) is 17.1 Å². The van der Waals surface area contributed by atoms with Crippen LogP contribution in [-0.2, 0) is 4.79 Å². The molecule has 0 spiro atoms. The van der Waals surface area contributed by atoms with Crippen molar-refractivity contribution in [1.29, 1.82) is 0 Å². The molecule has 2 unspecified atom stereocenters. The Balaban J connectivity index is 2.10. The molecule has 0 bridgehead atoms. The molecule has 0 saturated carbocycles. The Morgan fingerprint density at radius 3 is 2.63 bits per heavy atom. The number of rotatable bonds is 2. The molecule has 0 aliphatic carbocycles. The van der Waals surface area contributed by atoms with Crippen molar-refractivity contribution < 1.29 is 14.7 Å². The largest absolute Gasteiger partial charge is 0.481 e. The summed E-state index contributed by atoms with van der Waals surface area (Å²) in [4.78, 5) is 25.8. The van der Waals surface area contributed by atoms with Gasteiger partial charge in [-0.3, -0.25) is 9.59 Å². The predicted octanol–water partition coefficient (Wildman–Crippen LogP) is 3.60. The molecule has 1 aromatic heterocycles. The van der Waals surface area contributed by atoms with Crippen LogP contribution in [0, 0.1) is 5.92 Å². The van der Waals surface area contributed by atoms with Crippen LogP contribution in [-0.4, -0.2) is 34.5 Å². The predicted molar refractivity (Wildman–Crippen MR) is 80.6 cm³/mol. The fourth-order valence-corrected chi connectivity index (χ4v) is 4.28. The smallest absolute Gasteiger partial charge is 0.306 e. The summed E-state index contributed by atoms with van der Waals surface area (Å²) in [5.41, 5.74) is 0. The van der Waals surface area contributed by atoms with E-state index in [0.29, 0.717) is 24.3 Å². The van der Waals surface area contributed by atoms with E-state index in [2.05, 4.69) is 31.9 Å². The van der Waals surface area contributed by atoms with E-state index >= 15 is 0 Å². The molecule has 1 amide bonds. The van der Waals surface area contributed by atoms with Gasteiger partial charge in [0.2, 0.25) is 0 Å². The van der Waals surface area contributed by atoms with Gasteiger partial charge in [0.1, 0.15) is 0 Å². The van der Waals surface area contributed by atoms with Gasteiger partial charge in [0.25, 0.3) is 5.91 Å². The Morgan fingerprint density at radius 1 is 1.47 bits per heavy atom. The average molecular weight is 411 g/mol. The maximum atomic E-state index is 12.4. The number of hydrogen-bond acceptors (Lipinski definition) is 3. The first-order chi connectivity index (χ1) is 8.90. The van der Waals surface area contributed by atoms with Crippen molar-refractivity contribution in [3.63, 3.8) is 0 Å². The van der Waals surface area contributed by atoms with E-state index in [1.807, 2.05) is 6.92 Å². The molecule has 1 aliphatic rings. The van der Waals surface area contributed by atoms with Gasteiger partial charge in [-0.1, -0.05) is 0 Å². The molecule has 2 heterocycles. The zero-order valence-electron chi connectivity index (χ0n) is 10.2. The molecule has 1 aromatic rings. The fourth-order valence-electron chi connectivity index (χ4n) is 2.29. The number of aliphatic carboxylic acids is 1. The van der Waals surface area contributed by atoms with Gasteiger partial charge in [0.15, 0.2) is 0 Å². The summed E-state index contributed by atoms with van der Waals surface area (Å²) < 4.78 is 1.76. The Bertz CT molecular complexity index is 498. The Morgan fingerprint density at radius 2 is 2.16 bits per heavy atom. The number of carboxylic acids is 1. The third-order valence-electron chi connectivity index (χ3n) is 3.34. The van der Waals surface area contributed by atoms with E-state index in [0.717, 1.165) is 8.26 Å². The Kier molecular flexibility index (Phi) is 4.68. The molecule has 2 rings (SSSR count). The minimum atomic E-state index is -0.763. The molecule has 0 aromatic carbocycles. The van der Waals surface area contributed by atoms with Crippen LogP contribution in [0.15, 0.2) is 14.3 Å². The van der Waals surface area contributed by atoms with Crippen molar-refractivity contribution >= 4 is 55.1 Å². The summed E-state index contributed by atoms with van der Waals surface area (Å²) in [7, 11) is 0. The summed E-state index contributed by atoms with van der Waals surface area (Å²) in [5, 5.41) is 9.02. The molecule has 1 aliphatic heterocycles. The number of carboxylic acid groups (broad SMARTS) is 1. The van der Waals surface area contributed by atoms with Crippen LogP contribution in [0.5, 0.6) is 0 Å². The summed E-state index contributed by atoms with van der Waals surface area (Å²) in [6.07, 6.45) is 1.05.